The highest BCUT2D eigenvalue weighted by Gasteiger charge is 2.33. The summed E-state index contributed by atoms with van der Waals surface area (Å²) < 4.78 is 9.68. The summed E-state index contributed by atoms with van der Waals surface area (Å²) in [4.78, 5) is 27.6. The highest BCUT2D eigenvalue weighted by Crippen LogP contribution is 2.23. The molecular weight excluding hydrogens is 272 g/mol. The van der Waals surface area contributed by atoms with Crippen LogP contribution in [-0.2, 0) is 19.1 Å². The SMILES string of the molecule is CCOC(=O)C(C(=O)OCC)c1ccc(N)c(Cl)n1. The van der Waals surface area contributed by atoms with Gasteiger partial charge in [-0.15, -0.1) is 0 Å². The fourth-order valence-corrected chi connectivity index (χ4v) is 1.57. The van der Waals surface area contributed by atoms with Crippen LogP contribution in [0.1, 0.15) is 25.5 Å². The number of anilines is 1. The van der Waals surface area contributed by atoms with Crippen molar-refractivity contribution >= 4 is 29.2 Å². The third-order valence-electron chi connectivity index (χ3n) is 2.24. The van der Waals surface area contributed by atoms with Gasteiger partial charge in [0.25, 0.3) is 0 Å². The van der Waals surface area contributed by atoms with Crippen molar-refractivity contribution in [3.63, 3.8) is 0 Å². The van der Waals surface area contributed by atoms with Crippen molar-refractivity contribution in [3.8, 4) is 0 Å². The van der Waals surface area contributed by atoms with Gasteiger partial charge in [-0.25, -0.2) is 4.98 Å². The van der Waals surface area contributed by atoms with Gasteiger partial charge in [0.1, 0.15) is 0 Å². The molecule has 0 radical (unpaired) electrons. The lowest BCUT2D eigenvalue weighted by atomic mass is 10.1. The quantitative estimate of drug-likeness (QED) is 0.501. The summed E-state index contributed by atoms with van der Waals surface area (Å²) in [5, 5.41) is 0.0242. The Hall–Kier alpha value is -1.82. The molecule has 1 aromatic heterocycles. The first kappa shape index (κ1) is 15.2. The second kappa shape index (κ2) is 6.94. The third kappa shape index (κ3) is 3.82. The number of nitrogens with zero attached hydrogens (tertiary/aromatic N) is 1. The van der Waals surface area contributed by atoms with Gasteiger partial charge >= 0.3 is 11.9 Å². The lowest BCUT2D eigenvalue weighted by Crippen LogP contribution is -2.27. The van der Waals surface area contributed by atoms with Gasteiger partial charge in [0, 0.05) is 0 Å². The smallest absolute Gasteiger partial charge is 0.326 e. The molecule has 0 aliphatic heterocycles. The fraction of sp³-hybridized carbons (Fsp3) is 0.417. The van der Waals surface area contributed by atoms with Crippen molar-refractivity contribution in [2.75, 3.05) is 18.9 Å². The zero-order chi connectivity index (χ0) is 14.4. The highest BCUT2D eigenvalue weighted by atomic mass is 35.5. The number of pyridine rings is 1. The molecule has 6 nitrogen and oxygen atoms in total. The van der Waals surface area contributed by atoms with E-state index in [1.54, 1.807) is 13.8 Å². The molecule has 0 spiro atoms. The van der Waals surface area contributed by atoms with Gasteiger partial charge in [-0.05, 0) is 26.0 Å². The van der Waals surface area contributed by atoms with Crippen molar-refractivity contribution in [1.29, 1.82) is 0 Å². The number of carbonyl (C=O) groups excluding carboxylic acids is 2. The zero-order valence-electron chi connectivity index (χ0n) is 10.7. The van der Waals surface area contributed by atoms with Crippen LogP contribution >= 0.6 is 11.6 Å². The van der Waals surface area contributed by atoms with Crippen LogP contribution in [0, 0.1) is 0 Å². The normalized spacial score (nSPS) is 10.3. The maximum atomic E-state index is 11.8. The number of rotatable bonds is 5. The highest BCUT2D eigenvalue weighted by molar-refractivity contribution is 6.31. The molecule has 1 rings (SSSR count). The molecule has 0 fully saturated rings. The maximum absolute atomic E-state index is 11.8. The molecule has 0 aliphatic rings. The van der Waals surface area contributed by atoms with Crippen molar-refractivity contribution in [1.82, 2.24) is 4.98 Å². The Morgan fingerprint density at radius 3 is 2.21 bits per heavy atom. The largest absolute Gasteiger partial charge is 0.465 e. The monoisotopic (exact) mass is 286 g/mol. The molecule has 0 atom stereocenters. The number of esters is 2. The van der Waals surface area contributed by atoms with Gasteiger partial charge in [-0.1, -0.05) is 11.6 Å². The van der Waals surface area contributed by atoms with E-state index in [1.165, 1.54) is 12.1 Å². The van der Waals surface area contributed by atoms with E-state index >= 15 is 0 Å². The minimum Gasteiger partial charge on any atom is -0.465 e. The maximum Gasteiger partial charge on any atom is 0.326 e. The minimum atomic E-state index is -1.25. The van der Waals surface area contributed by atoms with Gasteiger partial charge < -0.3 is 15.2 Å². The van der Waals surface area contributed by atoms with Crippen LogP contribution in [0.4, 0.5) is 5.69 Å². The summed E-state index contributed by atoms with van der Waals surface area (Å²) in [6.07, 6.45) is 0. The van der Waals surface area contributed by atoms with E-state index in [-0.39, 0.29) is 29.7 Å². The Bertz CT molecular complexity index is 461. The first-order valence-corrected chi connectivity index (χ1v) is 6.14. The van der Waals surface area contributed by atoms with Gasteiger partial charge in [0.05, 0.1) is 24.6 Å². The van der Waals surface area contributed by atoms with E-state index in [4.69, 9.17) is 26.8 Å². The van der Waals surface area contributed by atoms with E-state index in [2.05, 4.69) is 4.98 Å². The fourth-order valence-electron chi connectivity index (χ4n) is 1.41. The van der Waals surface area contributed by atoms with Crippen molar-refractivity contribution in [2.24, 2.45) is 0 Å². The summed E-state index contributed by atoms with van der Waals surface area (Å²) in [6.45, 7) is 3.59. The van der Waals surface area contributed by atoms with Crippen molar-refractivity contribution in [3.05, 3.63) is 23.0 Å². The summed E-state index contributed by atoms with van der Waals surface area (Å²) in [7, 11) is 0. The van der Waals surface area contributed by atoms with Crippen LogP contribution in [0.25, 0.3) is 0 Å². The molecule has 0 saturated carbocycles. The Balaban J connectivity index is 3.11. The number of halogens is 1. The van der Waals surface area contributed by atoms with E-state index in [9.17, 15) is 9.59 Å². The summed E-state index contributed by atoms with van der Waals surface area (Å²) >= 11 is 5.78. The molecule has 0 saturated heterocycles. The minimum absolute atomic E-state index is 0.0242. The number of hydrogen-bond acceptors (Lipinski definition) is 6. The Labute approximate surface area is 115 Å². The Kier molecular flexibility index (Phi) is 5.57. The molecule has 0 aliphatic carbocycles. The summed E-state index contributed by atoms with van der Waals surface area (Å²) in [6, 6.07) is 2.91. The topological polar surface area (TPSA) is 91.5 Å². The molecule has 0 amide bonds. The Morgan fingerprint density at radius 1 is 1.26 bits per heavy atom. The number of nitrogens with two attached hydrogens (primary N) is 1. The molecule has 19 heavy (non-hydrogen) atoms. The second-order valence-corrected chi connectivity index (χ2v) is 3.91. The Morgan fingerprint density at radius 2 is 1.79 bits per heavy atom. The van der Waals surface area contributed by atoms with E-state index in [0.29, 0.717) is 0 Å². The molecule has 1 heterocycles. The van der Waals surface area contributed by atoms with Crippen LogP contribution in [0.3, 0.4) is 0 Å². The molecule has 2 N–H and O–H groups in total. The van der Waals surface area contributed by atoms with Crippen LogP contribution < -0.4 is 5.73 Å². The molecule has 0 bridgehead atoms. The predicted molar refractivity (Wildman–Crippen MR) is 69.7 cm³/mol. The second-order valence-electron chi connectivity index (χ2n) is 3.55. The third-order valence-corrected chi connectivity index (χ3v) is 2.54. The van der Waals surface area contributed by atoms with Gasteiger partial charge in [0.2, 0.25) is 0 Å². The average molecular weight is 287 g/mol. The van der Waals surface area contributed by atoms with Crippen LogP contribution in [0.5, 0.6) is 0 Å². The predicted octanol–water partition coefficient (Wildman–Crippen LogP) is 1.53. The number of carbonyl (C=O) groups is 2. The standard InChI is InChI=1S/C12H15ClN2O4/c1-3-18-11(16)9(12(17)19-4-2)8-6-5-7(14)10(13)15-8/h5-6,9H,3-4,14H2,1-2H3. The molecule has 0 unspecified atom stereocenters. The molecule has 0 aromatic carbocycles. The van der Waals surface area contributed by atoms with Gasteiger partial charge in [0.15, 0.2) is 11.1 Å². The van der Waals surface area contributed by atoms with E-state index in [0.717, 1.165) is 0 Å². The number of aromatic nitrogens is 1. The van der Waals surface area contributed by atoms with Crippen LogP contribution in [0.2, 0.25) is 5.15 Å². The number of ether oxygens (including phenoxy) is 2. The zero-order valence-corrected chi connectivity index (χ0v) is 11.4. The molecular formula is C12H15ClN2O4. The molecule has 104 valence electrons. The first-order chi connectivity index (χ1) is 9.01. The molecule has 1 aromatic rings. The average Bonchev–Trinajstić information content (AvgIpc) is 2.34. The van der Waals surface area contributed by atoms with Gasteiger partial charge in [-0.2, -0.15) is 0 Å². The van der Waals surface area contributed by atoms with Crippen molar-refractivity contribution < 1.29 is 19.1 Å². The number of nitrogen functional groups attached to an aromatic ring is 1. The van der Waals surface area contributed by atoms with Crippen LogP contribution in [-0.4, -0.2) is 30.1 Å². The lowest BCUT2D eigenvalue weighted by Gasteiger charge is -2.14. The van der Waals surface area contributed by atoms with E-state index in [1.807, 2.05) is 0 Å². The van der Waals surface area contributed by atoms with Crippen LogP contribution in [0.15, 0.2) is 12.1 Å². The lowest BCUT2D eigenvalue weighted by molar-refractivity contribution is -0.157. The van der Waals surface area contributed by atoms with Gasteiger partial charge in [-0.3, -0.25) is 9.59 Å². The van der Waals surface area contributed by atoms with E-state index < -0.39 is 17.9 Å². The number of hydrogen-bond donors (Lipinski definition) is 1. The van der Waals surface area contributed by atoms with Crippen molar-refractivity contribution in [2.45, 2.75) is 19.8 Å². The summed E-state index contributed by atoms with van der Waals surface area (Å²) in [5.74, 6) is -2.71. The first-order valence-electron chi connectivity index (χ1n) is 5.76. The summed E-state index contributed by atoms with van der Waals surface area (Å²) in [5.41, 5.74) is 5.94. The molecule has 7 heteroatoms.